The van der Waals surface area contributed by atoms with Crippen molar-refractivity contribution >= 4 is 5.97 Å². The number of ether oxygens (including phenoxy) is 3. The van der Waals surface area contributed by atoms with Crippen molar-refractivity contribution in [1.29, 1.82) is 0 Å². The summed E-state index contributed by atoms with van der Waals surface area (Å²) in [5.74, 6) is -0.600. The molecule has 1 aromatic rings. The average Bonchev–Trinajstić information content (AvgIpc) is 2.60. The normalized spacial score (nSPS) is 11.0. The molecule has 0 aliphatic heterocycles. The Morgan fingerprint density at radius 3 is 2.04 bits per heavy atom. The van der Waals surface area contributed by atoms with Crippen molar-refractivity contribution in [3.05, 3.63) is 33.7 Å². The minimum Gasteiger partial charge on any atom is -0.462 e. The quantitative estimate of drug-likeness (QED) is 0.330. The first-order chi connectivity index (χ1) is 12.1. The van der Waals surface area contributed by atoms with Crippen LogP contribution in [-0.2, 0) is 14.2 Å². The summed E-state index contributed by atoms with van der Waals surface area (Å²) in [4.78, 5) is 26.8. The molecule has 0 bridgehead atoms. The number of pyridine rings is 1. The minimum absolute atomic E-state index is 0.000666. The van der Waals surface area contributed by atoms with Crippen molar-refractivity contribution in [3.63, 3.8) is 0 Å². The van der Waals surface area contributed by atoms with E-state index in [1.165, 1.54) is 6.07 Å². The Kier molecular flexibility index (Phi) is 10.8. The van der Waals surface area contributed by atoms with Gasteiger partial charge >= 0.3 is 5.97 Å². The first-order valence-corrected chi connectivity index (χ1v) is 9.27. The van der Waals surface area contributed by atoms with Gasteiger partial charge in [-0.3, -0.25) is 4.79 Å². The number of H-pyrrole nitrogens is 1. The second kappa shape index (κ2) is 12.7. The molecule has 6 nitrogen and oxygen atoms in total. The predicted molar refractivity (Wildman–Crippen MR) is 96.7 cm³/mol. The Labute approximate surface area is 149 Å². The smallest absolute Gasteiger partial charge is 0.343 e. The van der Waals surface area contributed by atoms with Gasteiger partial charge in [0.15, 0.2) is 6.29 Å². The summed E-state index contributed by atoms with van der Waals surface area (Å²) in [5.41, 5.74) is 0.0326. The maximum Gasteiger partial charge on any atom is 0.343 e. The molecule has 1 N–H and O–H groups in total. The van der Waals surface area contributed by atoms with E-state index in [0.29, 0.717) is 25.5 Å². The highest BCUT2D eigenvalue weighted by Gasteiger charge is 2.17. The third-order valence-electron chi connectivity index (χ3n) is 3.67. The van der Waals surface area contributed by atoms with Gasteiger partial charge in [0.25, 0.3) is 5.56 Å². The van der Waals surface area contributed by atoms with Crippen LogP contribution in [0.3, 0.4) is 0 Å². The number of hydrogen-bond donors (Lipinski definition) is 1. The number of aromatic amines is 1. The van der Waals surface area contributed by atoms with Crippen molar-refractivity contribution in [2.75, 3.05) is 19.8 Å². The Hall–Kier alpha value is -1.66. The van der Waals surface area contributed by atoms with Gasteiger partial charge < -0.3 is 19.2 Å². The van der Waals surface area contributed by atoms with Crippen LogP contribution in [0, 0.1) is 0 Å². The lowest BCUT2D eigenvalue weighted by Crippen LogP contribution is -2.23. The summed E-state index contributed by atoms with van der Waals surface area (Å²) in [6.45, 7) is 7.59. The Morgan fingerprint density at radius 2 is 1.52 bits per heavy atom. The molecular weight excluding hydrogens is 322 g/mol. The zero-order valence-electron chi connectivity index (χ0n) is 15.6. The van der Waals surface area contributed by atoms with Gasteiger partial charge in [-0.15, -0.1) is 0 Å². The largest absolute Gasteiger partial charge is 0.462 e. The number of unbranched alkanes of at least 4 members (excludes halogenated alkanes) is 3. The van der Waals surface area contributed by atoms with Gasteiger partial charge in [0.05, 0.1) is 25.5 Å². The molecule has 0 unspecified atom stereocenters. The van der Waals surface area contributed by atoms with Gasteiger partial charge in [0.2, 0.25) is 0 Å². The highest BCUT2D eigenvalue weighted by Crippen LogP contribution is 2.17. The topological polar surface area (TPSA) is 77.6 Å². The molecule has 0 fully saturated rings. The molecule has 1 rings (SSSR count). The molecule has 25 heavy (non-hydrogen) atoms. The molecule has 0 spiro atoms. The fourth-order valence-corrected chi connectivity index (χ4v) is 2.07. The molecule has 0 aliphatic rings. The molecule has 0 radical (unpaired) electrons. The third-order valence-corrected chi connectivity index (χ3v) is 3.67. The fourth-order valence-electron chi connectivity index (χ4n) is 2.07. The van der Waals surface area contributed by atoms with E-state index in [1.54, 1.807) is 6.07 Å². The van der Waals surface area contributed by atoms with Gasteiger partial charge in [0, 0.05) is 0 Å². The van der Waals surface area contributed by atoms with E-state index in [1.807, 2.05) is 6.92 Å². The Morgan fingerprint density at radius 1 is 0.960 bits per heavy atom. The molecule has 0 aromatic carbocycles. The molecule has 1 aromatic heterocycles. The van der Waals surface area contributed by atoms with E-state index < -0.39 is 17.8 Å². The lowest BCUT2D eigenvalue weighted by atomic mass is 10.2. The van der Waals surface area contributed by atoms with E-state index in [2.05, 4.69) is 18.8 Å². The number of rotatable bonds is 13. The molecule has 142 valence electrons. The zero-order valence-corrected chi connectivity index (χ0v) is 15.6. The number of aromatic nitrogens is 1. The summed E-state index contributed by atoms with van der Waals surface area (Å²) >= 11 is 0. The van der Waals surface area contributed by atoms with Crippen LogP contribution in [0.5, 0.6) is 0 Å². The molecule has 0 amide bonds. The molecule has 0 aliphatic carbocycles. The molecule has 0 saturated carbocycles. The molecule has 0 atom stereocenters. The third kappa shape index (κ3) is 7.84. The molecular formula is C19H31NO5. The van der Waals surface area contributed by atoms with Crippen LogP contribution in [0.4, 0.5) is 0 Å². The van der Waals surface area contributed by atoms with E-state index in [9.17, 15) is 9.59 Å². The molecule has 1 heterocycles. The fraction of sp³-hybridized carbons (Fsp3) is 0.684. The lowest BCUT2D eigenvalue weighted by Gasteiger charge is -2.18. The number of nitrogens with one attached hydrogen (secondary N) is 1. The van der Waals surface area contributed by atoms with E-state index in [0.717, 1.165) is 38.5 Å². The van der Waals surface area contributed by atoms with Gasteiger partial charge in [-0.05, 0) is 31.4 Å². The summed E-state index contributed by atoms with van der Waals surface area (Å²) in [7, 11) is 0. The Balaban J connectivity index is 2.79. The van der Waals surface area contributed by atoms with Crippen LogP contribution in [-0.4, -0.2) is 30.8 Å². The van der Waals surface area contributed by atoms with Crippen LogP contribution in [0.2, 0.25) is 0 Å². The maximum atomic E-state index is 12.2. The minimum atomic E-state index is -0.629. The number of esters is 1. The van der Waals surface area contributed by atoms with Gasteiger partial charge in [0.1, 0.15) is 5.56 Å². The highest BCUT2D eigenvalue weighted by atomic mass is 16.7. The van der Waals surface area contributed by atoms with Crippen LogP contribution < -0.4 is 5.56 Å². The Bertz CT molecular complexity index is 545. The molecule has 6 heteroatoms. The summed E-state index contributed by atoms with van der Waals surface area (Å²) in [6, 6.07) is 3.13. The summed E-state index contributed by atoms with van der Waals surface area (Å²) in [5, 5.41) is 0. The van der Waals surface area contributed by atoms with Crippen molar-refractivity contribution in [2.24, 2.45) is 0 Å². The van der Waals surface area contributed by atoms with Gasteiger partial charge in [-0.1, -0.05) is 40.0 Å². The standard InChI is InChI=1S/C19H31NO5/c1-4-7-12-23-18(22)15-10-11-16(20-17(15)21)19(24-13-8-5-2)25-14-9-6-3/h10-11,19H,4-9,12-14H2,1-3H3,(H,20,21). The zero-order chi connectivity index (χ0) is 18.5. The first-order valence-electron chi connectivity index (χ1n) is 9.27. The van der Waals surface area contributed by atoms with E-state index in [4.69, 9.17) is 14.2 Å². The van der Waals surface area contributed by atoms with Crippen molar-refractivity contribution in [1.82, 2.24) is 4.98 Å². The van der Waals surface area contributed by atoms with Crippen LogP contribution in [0.25, 0.3) is 0 Å². The van der Waals surface area contributed by atoms with Gasteiger partial charge in [-0.25, -0.2) is 4.79 Å². The number of carbonyl (C=O) groups excluding carboxylic acids is 1. The van der Waals surface area contributed by atoms with Crippen LogP contribution in [0.15, 0.2) is 16.9 Å². The predicted octanol–water partition coefficient (Wildman–Crippen LogP) is 3.96. The van der Waals surface area contributed by atoms with Crippen LogP contribution in [0.1, 0.15) is 81.6 Å². The van der Waals surface area contributed by atoms with Crippen molar-refractivity contribution < 1.29 is 19.0 Å². The average molecular weight is 353 g/mol. The second-order valence-electron chi connectivity index (χ2n) is 5.93. The SMILES string of the molecule is CCCCOC(=O)c1ccc(C(OCCCC)OCCCC)[nH]c1=O. The monoisotopic (exact) mass is 353 g/mol. The van der Waals surface area contributed by atoms with E-state index in [-0.39, 0.29) is 5.56 Å². The summed E-state index contributed by atoms with van der Waals surface area (Å²) < 4.78 is 16.6. The van der Waals surface area contributed by atoms with Gasteiger partial charge in [-0.2, -0.15) is 0 Å². The number of hydrogen-bond acceptors (Lipinski definition) is 5. The van der Waals surface area contributed by atoms with Crippen LogP contribution >= 0.6 is 0 Å². The molecule has 0 saturated heterocycles. The maximum absolute atomic E-state index is 12.2. The first kappa shape index (κ1) is 21.4. The highest BCUT2D eigenvalue weighted by molar-refractivity contribution is 5.88. The second-order valence-corrected chi connectivity index (χ2v) is 5.93. The van der Waals surface area contributed by atoms with Crippen molar-refractivity contribution in [2.45, 2.75) is 65.6 Å². The summed E-state index contributed by atoms with van der Waals surface area (Å²) in [6.07, 6.45) is 4.94. The van der Waals surface area contributed by atoms with Crippen molar-refractivity contribution in [3.8, 4) is 0 Å². The number of carbonyl (C=O) groups is 1. The van der Waals surface area contributed by atoms with E-state index >= 15 is 0 Å². The lowest BCUT2D eigenvalue weighted by molar-refractivity contribution is -0.150.